The van der Waals surface area contributed by atoms with Gasteiger partial charge in [-0.2, -0.15) is 0 Å². The summed E-state index contributed by atoms with van der Waals surface area (Å²) in [6.45, 7) is 2.70. The maximum atomic E-state index is 12.2. The Bertz CT molecular complexity index is 637. The number of ether oxygens (including phenoxy) is 1. The van der Waals surface area contributed by atoms with Gasteiger partial charge in [-0.3, -0.25) is 4.79 Å². The molecule has 1 aliphatic rings. The van der Waals surface area contributed by atoms with E-state index in [9.17, 15) is 4.79 Å². The van der Waals surface area contributed by atoms with Gasteiger partial charge in [0.15, 0.2) is 0 Å². The molecular formula is C18H19NO2. The van der Waals surface area contributed by atoms with Crippen molar-refractivity contribution in [2.75, 3.05) is 6.61 Å². The lowest BCUT2D eigenvalue weighted by molar-refractivity contribution is -0.121. The Hall–Kier alpha value is -2.29. The molecule has 2 aromatic carbocycles. The fraction of sp³-hybridized carbons (Fsp3) is 0.278. The number of aryl methyl sites for hydroxylation is 1. The molecule has 1 atom stereocenters. The van der Waals surface area contributed by atoms with Gasteiger partial charge in [-0.1, -0.05) is 48.0 Å². The average molecular weight is 281 g/mol. The van der Waals surface area contributed by atoms with E-state index in [0.29, 0.717) is 13.0 Å². The first-order chi connectivity index (χ1) is 10.2. The monoisotopic (exact) mass is 281 g/mol. The molecule has 0 saturated carbocycles. The number of hydrogen-bond donors (Lipinski definition) is 1. The van der Waals surface area contributed by atoms with Gasteiger partial charge in [0.1, 0.15) is 5.75 Å². The number of fused-ring (bicyclic) bond motifs is 1. The second-order valence-electron chi connectivity index (χ2n) is 5.46. The van der Waals surface area contributed by atoms with Gasteiger partial charge < -0.3 is 10.1 Å². The third-order valence-corrected chi connectivity index (χ3v) is 3.75. The average Bonchev–Trinajstić information content (AvgIpc) is 2.49. The van der Waals surface area contributed by atoms with E-state index < -0.39 is 0 Å². The van der Waals surface area contributed by atoms with Crippen LogP contribution in [0.3, 0.4) is 0 Å². The molecule has 108 valence electrons. The van der Waals surface area contributed by atoms with E-state index in [0.717, 1.165) is 23.3 Å². The minimum atomic E-state index is 0.0462. The van der Waals surface area contributed by atoms with Crippen LogP contribution in [0.1, 0.15) is 29.2 Å². The highest BCUT2D eigenvalue weighted by atomic mass is 16.5. The molecule has 0 spiro atoms. The second kappa shape index (κ2) is 6.00. The Morgan fingerprint density at radius 2 is 2.05 bits per heavy atom. The fourth-order valence-corrected chi connectivity index (χ4v) is 2.69. The molecule has 0 aliphatic carbocycles. The van der Waals surface area contributed by atoms with Crippen molar-refractivity contribution in [3.63, 3.8) is 0 Å². The zero-order valence-corrected chi connectivity index (χ0v) is 12.1. The van der Waals surface area contributed by atoms with Crippen LogP contribution < -0.4 is 10.1 Å². The van der Waals surface area contributed by atoms with Crippen molar-refractivity contribution in [2.24, 2.45) is 0 Å². The molecule has 1 amide bonds. The fourth-order valence-electron chi connectivity index (χ4n) is 2.69. The molecule has 0 radical (unpaired) electrons. The quantitative estimate of drug-likeness (QED) is 0.938. The molecule has 3 heteroatoms. The Morgan fingerprint density at radius 1 is 1.24 bits per heavy atom. The van der Waals surface area contributed by atoms with Crippen molar-refractivity contribution in [3.05, 3.63) is 65.2 Å². The molecule has 1 aliphatic heterocycles. The van der Waals surface area contributed by atoms with Crippen LogP contribution in [0.15, 0.2) is 48.5 Å². The summed E-state index contributed by atoms with van der Waals surface area (Å²) >= 11 is 0. The van der Waals surface area contributed by atoms with Crippen LogP contribution in [0.5, 0.6) is 5.75 Å². The summed E-state index contributed by atoms with van der Waals surface area (Å²) in [6.07, 6.45) is 1.23. The molecule has 2 aromatic rings. The maximum Gasteiger partial charge on any atom is 0.224 e. The third-order valence-electron chi connectivity index (χ3n) is 3.75. The van der Waals surface area contributed by atoms with Crippen molar-refractivity contribution >= 4 is 5.91 Å². The third kappa shape index (κ3) is 3.24. The molecule has 1 N–H and O–H groups in total. The highest BCUT2D eigenvalue weighted by molar-refractivity contribution is 5.79. The van der Waals surface area contributed by atoms with E-state index >= 15 is 0 Å². The Kier molecular flexibility index (Phi) is 3.91. The molecule has 3 rings (SSSR count). The summed E-state index contributed by atoms with van der Waals surface area (Å²) in [4.78, 5) is 12.2. The van der Waals surface area contributed by atoms with Crippen molar-refractivity contribution in [3.8, 4) is 5.75 Å². The summed E-state index contributed by atoms with van der Waals surface area (Å²) in [6, 6.07) is 16.0. The van der Waals surface area contributed by atoms with E-state index in [4.69, 9.17) is 4.74 Å². The molecule has 0 fully saturated rings. The molecule has 1 heterocycles. The van der Waals surface area contributed by atoms with Gasteiger partial charge in [-0.25, -0.2) is 0 Å². The predicted octanol–water partition coefficient (Wildman–Crippen LogP) is 3.18. The largest absolute Gasteiger partial charge is 0.493 e. The molecule has 0 aromatic heterocycles. The first kappa shape index (κ1) is 13.7. The van der Waals surface area contributed by atoms with Crippen molar-refractivity contribution in [1.82, 2.24) is 5.32 Å². The minimum Gasteiger partial charge on any atom is -0.493 e. The van der Waals surface area contributed by atoms with Gasteiger partial charge in [-0.15, -0.1) is 0 Å². The number of hydrogen-bond acceptors (Lipinski definition) is 2. The van der Waals surface area contributed by atoms with Gasteiger partial charge in [0.25, 0.3) is 0 Å². The van der Waals surface area contributed by atoms with Crippen LogP contribution in [0.2, 0.25) is 0 Å². The van der Waals surface area contributed by atoms with E-state index in [-0.39, 0.29) is 11.9 Å². The van der Waals surface area contributed by atoms with Crippen molar-refractivity contribution in [1.29, 1.82) is 0 Å². The van der Waals surface area contributed by atoms with Gasteiger partial charge in [0.2, 0.25) is 5.91 Å². The summed E-state index contributed by atoms with van der Waals surface area (Å²) in [5, 5.41) is 3.13. The Balaban J connectivity index is 1.71. The summed E-state index contributed by atoms with van der Waals surface area (Å²) in [5.74, 6) is 0.942. The maximum absolute atomic E-state index is 12.2. The van der Waals surface area contributed by atoms with Crippen molar-refractivity contribution in [2.45, 2.75) is 25.8 Å². The SMILES string of the molecule is Cc1ccc2c(c1)C(NC(=O)Cc1ccccc1)CCO2. The first-order valence-corrected chi connectivity index (χ1v) is 7.29. The minimum absolute atomic E-state index is 0.0462. The molecule has 1 unspecified atom stereocenters. The summed E-state index contributed by atoms with van der Waals surface area (Å²) in [5.41, 5.74) is 3.30. The summed E-state index contributed by atoms with van der Waals surface area (Å²) in [7, 11) is 0. The van der Waals surface area contributed by atoms with Crippen LogP contribution in [-0.2, 0) is 11.2 Å². The van der Waals surface area contributed by atoms with Crippen LogP contribution in [-0.4, -0.2) is 12.5 Å². The highest BCUT2D eigenvalue weighted by Crippen LogP contribution is 2.32. The first-order valence-electron chi connectivity index (χ1n) is 7.29. The van der Waals surface area contributed by atoms with Gasteiger partial charge >= 0.3 is 0 Å². The molecule has 3 nitrogen and oxygen atoms in total. The van der Waals surface area contributed by atoms with Crippen molar-refractivity contribution < 1.29 is 9.53 Å². The van der Waals surface area contributed by atoms with E-state index in [1.807, 2.05) is 42.5 Å². The smallest absolute Gasteiger partial charge is 0.224 e. The number of amides is 1. The topological polar surface area (TPSA) is 38.3 Å². The lowest BCUT2D eigenvalue weighted by atomic mass is 9.98. The normalized spacial score (nSPS) is 16.7. The molecule has 21 heavy (non-hydrogen) atoms. The standard InChI is InChI=1S/C18H19NO2/c1-13-7-8-17-15(11-13)16(9-10-21-17)19-18(20)12-14-5-3-2-4-6-14/h2-8,11,16H,9-10,12H2,1H3,(H,19,20). The van der Waals surface area contributed by atoms with E-state index in [1.165, 1.54) is 5.56 Å². The highest BCUT2D eigenvalue weighted by Gasteiger charge is 2.23. The number of carbonyl (C=O) groups is 1. The summed E-state index contributed by atoms with van der Waals surface area (Å²) < 4.78 is 5.66. The van der Waals surface area contributed by atoms with Gasteiger partial charge in [-0.05, 0) is 18.6 Å². The second-order valence-corrected chi connectivity index (χ2v) is 5.46. The lowest BCUT2D eigenvalue weighted by Crippen LogP contribution is -2.33. The number of carbonyl (C=O) groups excluding carboxylic acids is 1. The van der Waals surface area contributed by atoms with Gasteiger partial charge in [0.05, 0.1) is 19.1 Å². The number of nitrogens with one attached hydrogen (secondary N) is 1. The van der Waals surface area contributed by atoms with Crippen LogP contribution in [0.25, 0.3) is 0 Å². The molecular weight excluding hydrogens is 262 g/mol. The lowest BCUT2D eigenvalue weighted by Gasteiger charge is -2.27. The van der Waals surface area contributed by atoms with Crippen LogP contribution >= 0.6 is 0 Å². The molecule has 0 bridgehead atoms. The Morgan fingerprint density at radius 3 is 2.86 bits per heavy atom. The zero-order chi connectivity index (χ0) is 14.7. The Labute approximate surface area is 124 Å². The zero-order valence-electron chi connectivity index (χ0n) is 12.1. The van der Waals surface area contributed by atoms with Crippen LogP contribution in [0.4, 0.5) is 0 Å². The van der Waals surface area contributed by atoms with E-state index in [1.54, 1.807) is 0 Å². The van der Waals surface area contributed by atoms with Gasteiger partial charge in [0, 0.05) is 12.0 Å². The number of benzene rings is 2. The predicted molar refractivity (Wildman–Crippen MR) is 82.3 cm³/mol. The van der Waals surface area contributed by atoms with E-state index in [2.05, 4.69) is 18.3 Å². The van der Waals surface area contributed by atoms with Crippen LogP contribution in [0, 0.1) is 6.92 Å². The molecule has 0 saturated heterocycles. The number of rotatable bonds is 3.